The lowest BCUT2D eigenvalue weighted by Gasteiger charge is -2.10. The van der Waals surface area contributed by atoms with Crippen LogP contribution in [0.2, 0.25) is 0 Å². The summed E-state index contributed by atoms with van der Waals surface area (Å²) in [6, 6.07) is 0. The zero-order chi connectivity index (χ0) is 13.2. The smallest absolute Gasteiger partial charge is 0.330 e. The van der Waals surface area contributed by atoms with E-state index in [1.165, 1.54) is 0 Å². The number of rotatable bonds is 8. The molecule has 1 fully saturated rings. The van der Waals surface area contributed by atoms with Crippen molar-refractivity contribution in [3.05, 3.63) is 0 Å². The van der Waals surface area contributed by atoms with Gasteiger partial charge in [0, 0.05) is 13.0 Å². The molecule has 1 saturated heterocycles. The molecule has 1 N–H and O–H groups in total. The Morgan fingerprint density at radius 3 is 2.61 bits per heavy atom. The quantitative estimate of drug-likeness (QED) is 0.516. The molecule has 104 valence electrons. The molecular formula is C10H17ClN2O5. The SMILES string of the molecule is O=C(CCl)NCCCCCC(=O)ON1OCCO1. The van der Waals surface area contributed by atoms with Crippen molar-refractivity contribution in [2.45, 2.75) is 25.7 Å². The van der Waals surface area contributed by atoms with Crippen molar-refractivity contribution in [2.75, 3.05) is 25.6 Å². The lowest BCUT2D eigenvalue weighted by Crippen LogP contribution is -2.25. The first-order valence-electron chi connectivity index (χ1n) is 5.82. The topological polar surface area (TPSA) is 77.1 Å². The molecule has 7 nitrogen and oxygen atoms in total. The van der Waals surface area contributed by atoms with Crippen LogP contribution < -0.4 is 5.32 Å². The molecule has 8 heteroatoms. The van der Waals surface area contributed by atoms with Crippen LogP contribution in [0, 0.1) is 0 Å². The largest absolute Gasteiger partial charge is 0.355 e. The maximum atomic E-state index is 11.3. The van der Waals surface area contributed by atoms with E-state index in [1.54, 1.807) is 0 Å². The molecule has 0 atom stereocenters. The predicted octanol–water partition coefficient (Wildman–Crippen LogP) is 0.539. The average molecular weight is 281 g/mol. The number of alkyl halides is 1. The summed E-state index contributed by atoms with van der Waals surface area (Å²) in [6.45, 7) is 1.33. The van der Waals surface area contributed by atoms with Gasteiger partial charge in [-0.2, -0.15) is 0 Å². The van der Waals surface area contributed by atoms with E-state index in [4.69, 9.17) is 26.1 Å². The summed E-state index contributed by atoms with van der Waals surface area (Å²) < 4.78 is 0. The third-order valence-corrected chi connectivity index (χ3v) is 2.40. The van der Waals surface area contributed by atoms with Crippen LogP contribution in [-0.2, 0) is 24.1 Å². The van der Waals surface area contributed by atoms with Crippen molar-refractivity contribution in [3.63, 3.8) is 0 Å². The van der Waals surface area contributed by atoms with Crippen LogP contribution in [0.4, 0.5) is 0 Å². The van der Waals surface area contributed by atoms with E-state index in [-0.39, 0.29) is 18.2 Å². The fourth-order valence-corrected chi connectivity index (χ4v) is 1.38. The van der Waals surface area contributed by atoms with Crippen molar-refractivity contribution in [3.8, 4) is 0 Å². The van der Waals surface area contributed by atoms with Crippen molar-refractivity contribution in [2.24, 2.45) is 0 Å². The number of amides is 1. The lowest BCUT2D eigenvalue weighted by atomic mass is 10.2. The Bertz CT molecular complexity index is 271. The van der Waals surface area contributed by atoms with Crippen LogP contribution in [0.25, 0.3) is 0 Å². The molecule has 0 saturated carbocycles. The summed E-state index contributed by atoms with van der Waals surface area (Å²) in [7, 11) is 0. The molecule has 0 spiro atoms. The Balaban J connectivity index is 1.90. The van der Waals surface area contributed by atoms with Crippen molar-refractivity contribution in [1.29, 1.82) is 0 Å². The van der Waals surface area contributed by atoms with E-state index in [0.717, 1.165) is 18.2 Å². The van der Waals surface area contributed by atoms with Gasteiger partial charge in [0.15, 0.2) is 0 Å². The Morgan fingerprint density at radius 2 is 1.94 bits per heavy atom. The average Bonchev–Trinajstić information content (AvgIpc) is 2.85. The van der Waals surface area contributed by atoms with Crippen LogP contribution in [0.15, 0.2) is 0 Å². The van der Waals surface area contributed by atoms with Gasteiger partial charge in [0.2, 0.25) is 5.91 Å². The molecule has 1 aliphatic rings. The Hall–Kier alpha value is -0.890. The second-order valence-corrected chi connectivity index (χ2v) is 3.91. The molecule has 1 heterocycles. The number of nitrogens with one attached hydrogen (secondary N) is 1. The highest BCUT2D eigenvalue weighted by Gasteiger charge is 2.18. The number of carbonyl (C=O) groups is 2. The van der Waals surface area contributed by atoms with Crippen LogP contribution in [0.1, 0.15) is 25.7 Å². The van der Waals surface area contributed by atoms with Crippen LogP contribution in [-0.4, -0.2) is 42.9 Å². The van der Waals surface area contributed by atoms with E-state index in [9.17, 15) is 9.59 Å². The minimum absolute atomic E-state index is 0.0256. The van der Waals surface area contributed by atoms with E-state index in [1.807, 2.05) is 0 Å². The number of halogens is 1. The van der Waals surface area contributed by atoms with Gasteiger partial charge in [-0.3, -0.25) is 9.59 Å². The maximum Gasteiger partial charge on any atom is 0.330 e. The number of carbonyl (C=O) groups excluding carboxylic acids is 2. The summed E-state index contributed by atoms with van der Waals surface area (Å²) >= 11 is 5.31. The first-order chi connectivity index (χ1) is 8.72. The molecule has 18 heavy (non-hydrogen) atoms. The highest BCUT2D eigenvalue weighted by atomic mass is 35.5. The zero-order valence-electron chi connectivity index (χ0n) is 10.0. The number of unbranched alkanes of at least 4 members (excludes halogenated alkanes) is 2. The predicted molar refractivity (Wildman–Crippen MR) is 62.0 cm³/mol. The summed E-state index contributed by atoms with van der Waals surface area (Å²) in [4.78, 5) is 36.4. The van der Waals surface area contributed by atoms with Gasteiger partial charge in [-0.05, 0) is 12.8 Å². The Kier molecular flexibility index (Phi) is 7.66. The summed E-state index contributed by atoms with van der Waals surface area (Å²) in [5.74, 6) is -0.608. The zero-order valence-corrected chi connectivity index (χ0v) is 10.8. The van der Waals surface area contributed by atoms with E-state index < -0.39 is 5.97 Å². The first kappa shape index (κ1) is 15.2. The highest BCUT2D eigenvalue weighted by molar-refractivity contribution is 6.27. The molecule has 1 aliphatic heterocycles. The summed E-state index contributed by atoms with van der Waals surface area (Å²) in [5, 5.41) is 3.38. The first-order valence-corrected chi connectivity index (χ1v) is 6.35. The fraction of sp³-hybridized carbons (Fsp3) is 0.800. The molecule has 1 amide bonds. The summed E-state index contributed by atoms with van der Waals surface area (Å²) in [6.07, 6.45) is 2.59. The molecule has 0 aromatic rings. The van der Waals surface area contributed by atoms with Crippen LogP contribution in [0.5, 0.6) is 0 Å². The molecule has 0 aromatic heterocycles. The molecular weight excluding hydrogens is 264 g/mol. The van der Waals surface area contributed by atoms with Gasteiger partial charge in [-0.25, -0.2) is 9.68 Å². The van der Waals surface area contributed by atoms with E-state index in [2.05, 4.69) is 5.32 Å². The second kappa shape index (κ2) is 9.09. The van der Waals surface area contributed by atoms with Gasteiger partial charge < -0.3 is 10.2 Å². The minimum Gasteiger partial charge on any atom is -0.355 e. The second-order valence-electron chi connectivity index (χ2n) is 3.65. The minimum atomic E-state index is -0.401. The van der Waals surface area contributed by atoms with E-state index >= 15 is 0 Å². The normalized spacial score (nSPS) is 15.6. The van der Waals surface area contributed by atoms with Crippen LogP contribution >= 0.6 is 11.6 Å². The molecule has 0 radical (unpaired) electrons. The standard InChI is InChI=1S/C10H17ClN2O5/c11-8-9(14)12-5-3-1-2-4-10(15)18-13-16-6-7-17-13/h1-8H2,(H,12,14). The van der Waals surface area contributed by atoms with Gasteiger partial charge in [-0.1, -0.05) is 6.42 Å². The summed E-state index contributed by atoms with van der Waals surface area (Å²) in [5.41, 5.74) is 0. The fourth-order valence-electron chi connectivity index (χ4n) is 1.29. The van der Waals surface area contributed by atoms with Crippen LogP contribution in [0.3, 0.4) is 0 Å². The Labute approximate surface area is 110 Å². The van der Waals surface area contributed by atoms with Gasteiger partial charge in [-0.15, -0.1) is 11.6 Å². The van der Waals surface area contributed by atoms with Gasteiger partial charge in [0.25, 0.3) is 0 Å². The maximum absolute atomic E-state index is 11.3. The molecule has 0 aromatic carbocycles. The third-order valence-electron chi connectivity index (χ3n) is 2.15. The van der Waals surface area contributed by atoms with Crippen molar-refractivity contribution < 1.29 is 24.1 Å². The monoisotopic (exact) mass is 280 g/mol. The molecule has 0 bridgehead atoms. The molecule has 0 aliphatic carbocycles. The highest BCUT2D eigenvalue weighted by Crippen LogP contribution is 2.06. The number of hydrogen-bond acceptors (Lipinski definition) is 6. The molecule has 0 unspecified atom stereocenters. The van der Waals surface area contributed by atoms with Gasteiger partial charge in [0.1, 0.15) is 24.5 Å². The number of nitrogens with zero attached hydrogens (tertiary/aromatic N) is 1. The van der Waals surface area contributed by atoms with Crippen molar-refractivity contribution in [1.82, 2.24) is 10.7 Å². The van der Waals surface area contributed by atoms with Gasteiger partial charge in [0.05, 0.1) is 0 Å². The third kappa shape index (κ3) is 6.75. The van der Waals surface area contributed by atoms with E-state index in [0.29, 0.717) is 26.2 Å². The van der Waals surface area contributed by atoms with Gasteiger partial charge >= 0.3 is 5.97 Å². The van der Waals surface area contributed by atoms with Crippen molar-refractivity contribution >= 4 is 23.5 Å². The Morgan fingerprint density at radius 1 is 1.22 bits per heavy atom. The molecule has 1 rings (SSSR count). The lowest BCUT2D eigenvalue weighted by molar-refractivity contribution is -0.460. The number of hydrogen-bond donors (Lipinski definition) is 1.